The molecule has 0 aliphatic carbocycles. The van der Waals surface area contributed by atoms with Crippen molar-refractivity contribution >= 4 is 15.6 Å². The molecule has 0 aromatic heterocycles. The summed E-state index contributed by atoms with van der Waals surface area (Å²) in [6.45, 7) is 1.31. The van der Waals surface area contributed by atoms with E-state index in [0.29, 0.717) is 5.56 Å². The zero-order valence-corrected chi connectivity index (χ0v) is 9.20. The molecule has 0 spiro atoms. The smallest absolute Gasteiger partial charge is 0.175 e. The Bertz CT molecular complexity index is 458. The van der Waals surface area contributed by atoms with Crippen molar-refractivity contribution < 1.29 is 13.2 Å². The molecule has 0 N–H and O–H groups in total. The fourth-order valence-electron chi connectivity index (χ4n) is 1.05. The number of hydrogen-bond donors (Lipinski definition) is 0. The van der Waals surface area contributed by atoms with Crippen LogP contribution in [0.15, 0.2) is 41.8 Å². The van der Waals surface area contributed by atoms with Gasteiger partial charge in [0.15, 0.2) is 15.6 Å². The van der Waals surface area contributed by atoms with Gasteiger partial charge in [0.05, 0.1) is 5.75 Å². The van der Waals surface area contributed by atoms with E-state index in [1.165, 1.54) is 6.92 Å². The number of benzene rings is 1. The van der Waals surface area contributed by atoms with Gasteiger partial charge in [-0.05, 0) is 18.6 Å². The molecule has 0 saturated heterocycles. The van der Waals surface area contributed by atoms with Crippen LogP contribution >= 0.6 is 0 Å². The minimum Gasteiger partial charge on any atom is -0.295 e. The standard InChI is InChI=1S/C11H12O3S/c1-10(12)7-8-15(13,14)9-11-5-3-2-4-6-11/h2-8H,9H2,1H3/b8-7+. The van der Waals surface area contributed by atoms with Crippen molar-refractivity contribution in [1.82, 2.24) is 0 Å². The molecule has 0 aliphatic heterocycles. The highest BCUT2D eigenvalue weighted by atomic mass is 32.2. The van der Waals surface area contributed by atoms with Gasteiger partial charge in [0, 0.05) is 5.41 Å². The van der Waals surface area contributed by atoms with Gasteiger partial charge in [-0.2, -0.15) is 0 Å². The molecular formula is C11H12O3S. The zero-order valence-electron chi connectivity index (χ0n) is 8.38. The maximum atomic E-state index is 11.5. The summed E-state index contributed by atoms with van der Waals surface area (Å²) in [5.74, 6) is -0.343. The molecule has 0 aliphatic rings. The number of hydrogen-bond acceptors (Lipinski definition) is 3. The lowest BCUT2D eigenvalue weighted by Gasteiger charge is -1.98. The molecule has 3 nitrogen and oxygen atoms in total. The Morgan fingerprint density at radius 1 is 1.27 bits per heavy atom. The lowest BCUT2D eigenvalue weighted by molar-refractivity contribution is -0.112. The van der Waals surface area contributed by atoms with Crippen LogP contribution < -0.4 is 0 Å². The van der Waals surface area contributed by atoms with Crippen molar-refractivity contribution in [3.05, 3.63) is 47.4 Å². The fourth-order valence-corrected chi connectivity index (χ4v) is 2.21. The first-order valence-electron chi connectivity index (χ1n) is 4.45. The highest BCUT2D eigenvalue weighted by Crippen LogP contribution is 2.06. The van der Waals surface area contributed by atoms with E-state index < -0.39 is 9.84 Å². The van der Waals surface area contributed by atoms with Crippen LogP contribution in [0.5, 0.6) is 0 Å². The van der Waals surface area contributed by atoms with Crippen LogP contribution in [0.4, 0.5) is 0 Å². The average molecular weight is 224 g/mol. The number of sulfone groups is 1. The van der Waals surface area contributed by atoms with E-state index in [-0.39, 0.29) is 11.5 Å². The highest BCUT2D eigenvalue weighted by molar-refractivity contribution is 7.93. The molecular weight excluding hydrogens is 212 g/mol. The zero-order chi connectivity index (χ0) is 11.3. The summed E-state index contributed by atoms with van der Waals surface area (Å²) < 4.78 is 22.9. The molecule has 4 heteroatoms. The number of rotatable bonds is 4. The summed E-state index contributed by atoms with van der Waals surface area (Å²) in [6, 6.07) is 8.85. The van der Waals surface area contributed by atoms with E-state index in [2.05, 4.69) is 0 Å². The number of carbonyl (C=O) groups is 1. The van der Waals surface area contributed by atoms with Crippen LogP contribution in [0.1, 0.15) is 12.5 Å². The Labute approximate surface area is 89.4 Å². The monoisotopic (exact) mass is 224 g/mol. The Hall–Kier alpha value is -1.42. The maximum absolute atomic E-state index is 11.5. The van der Waals surface area contributed by atoms with Gasteiger partial charge in [-0.25, -0.2) is 8.42 Å². The first kappa shape index (κ1) is 11.7. The average Bonchev–Trinajstić information content (AvgIpc) is 2.16. The van der Waals surface area contributed by atoms with Crippen LogP contribution in [0.2, 0.25) is 0 Å². The van der Waals surface area contributed by atoms with E-state index in [9.17, 15) is 13.2 Å². The van der Waals surface area contributed by atoms with E-state index in [0.717, 1.165) is 11.5 Å². The van der Waals surface area contributed by atoms with Gasteiger partial charge >= 0.3 is 0 Å². The van der Waals surface area contributed by atoms with Crippen molar-refractivity contribution in [2.24, 2.45) is 0 Å². The number of ketones is 1. The predicted molar refractivity (Wildman–Crippen MR) is 58.9 cm³/mol. The molecule has 1 aromatic carbocycles. The Morgan fingerprint density at radius 2 is 1.87 bits per heavy atom. The fraction of sp³-hybridized carbons (Fsp3) is 0.182. The van der Waals surface area contributed by atoms with Crippen LogP contribution in [-0.4, -0.2) is 14.2 Å². The normalized spacial score (nSPS) is 11.8. The molecule has 0 bridgehead atoms. The minimum atomic E-state index is -3.33. The summed E-state index contributed by atoms with van der Waals surface area (Å²) in [5, 5.41) is 0.961. The second-order valence-electron chi connectivity index (χ2n) is 3.21. The minimum absolute atomic E-state index is 0.0718. The van der Waals surface area contributed by atoms with Crippen LogP contribution in [-0.2, 0) is 20.4 Å². The van der Waals surface area contributed by atoms with Crippen LogP contribution in [0, 0.1) is 0 Å². The third-order valence-corrected chi connectivity index (χ3v) is 3.01. The number of carbonyl (C=O) groups excluding carboxylic acids is 1. The third-order valence-electron chi connectivity index (χ3n) is 1.72. The van der Waals surface area contributed by atoms with Gasteiger partial charge in [0.1, 0.15) is 0 Å². The summed E-state index contributed by atoms with van der Waals surface area (Å²) in [7, 11) is -3.33. The quantitative estimate of drug-likeness (QED) is 0.731. The number of allylic oxidation sites excluding steroid dienone is 1. The first-order valence-corrected chi connectivity index (χ1v) is 6.16. The second kappa shape index (κ2) is 4.89. The van der Waals surface area contributed by atoms with Gasteiger partial charge in [-0.1, -0.05) is 30.3 Å². The van der Waals surface area contributed by atoms with Gasteiger partial charge in [0.2, 0.25) is 0 Å². The molecule has 0 saturated carbocycles. The van der Waals surface area contributed by atoms with E-state index in [1.807, 2.05) is 6.07 Å². The summed E-state index contributed by atoms with van der Waals surface area (Å²) >= 11 is 0. The van der Waals surface area contributed by atoms with Crippen molar-refractivity contribution in [2.45, 2.75) is 12.7 Å². The molecule has 0 heterocycles. The molecule has 80 valence electrons. The predicted octanol–water partition coefficient (Wildman–Crippen LogP) is 1.70. The Kier molecular flexibility index (Phi) is 3.80. The summed E-state index contributed by atoms with van der Waals surface area (Å²) in [5.41, 5.74) is 0.714. The van der Waals surface area contributed by atoms with Crippen molar-refractivity contribution in [1.29, 1.82) is 0 Å². The van der Waals surface area contributed by atoms with E-state index in [1.54, 1.807) is 24.3 Å². The Balaban J connectivity index is 2.78. The second-order valence-corrected chi connectivity index (χ2v) is 5.09. The van der Waals surface area contributed by atoms with Crippen molar-refractivity contribution in [3.8, 4) is 0 Å². The third kappa shape index (κ3) is 4.56. The van der Waals surface area contributed by atoms with Crippen molar-refractivity contribution in [3.63, 3.8) is 0 Å². The van der Waals surface area contributed by atoms with Gasteiger partial charge in [-0.3, -0.25) is 4.79 Å². The van der Waals surface area contributed by atoms with E-state index in [4.69, 9.17) is 0 Å². The molecule has 0 amide bonds. The summed E-state index contributed by atoms with van der Waals surface area (Å²) in [6.07, 6.45) is 1.07. The molecule has 1 aromatic rings. The molecule has 1 rings (SSSR count). The van der Waals surface area contributed by atoms with Crippen LogP contribution in [0.25, 0.3) is 0 Å². The first-order chi connectivity index (χ1) is 6.99. The maximum Gasteiger partial charge on any atom is 0.175 e. The SMILES string of the molecule is CC(=O)/C=C/S(=O)(=O)Cc1ccccc1. The Morgan fingerprint density at radius 3 is 2.40 bits per heavy atom. The largest absolute Gasteiger partial charge is 0.295 e. The molecule has 0 fully saturated rings. The van der Waals surface area contributed by atoms with E-state index >= 15 is 0 Å². The van der Waals surface area contributed by atoms with Gasteiger partial charge < -0.3 is 0 Å². The lowest BCUT2D eigenvalue weighted by Crippen LogP contribution is -2.00. The van der Waals surface area contributed by atoms with Gasteiger partial charge in [-0.15, -0.1) is 0 Å². The van der Waals surface area contributed by atoms with Gasteiger partial charge in [0.25, 0.3) is 0 Å². The molecule has 0 radical (unpaired) electrons. The molecule has 0 unspecified atom stereocenters. The molecule has 0 atom stereocenters. The summed E-state index contributed by atoms with van der Waals surface area (Å²) in [4.78, 5) is 10.6. The topological polar surface area (TPSA) is 51.2 Å². The molecule has 15 heavy (non-hydrogen) atoms. The van der Waals surface area contributed by atoms with Crippen LogP contribution in [0.3, 0.4) is 0 Å². The lowest BCUT2D eigenvalue weighted by atomic mass is 10.2. The van der Waals surface area contributed by atoms with Crippen molar-refractivity contribution in [2.75, 3.05) is 0 Å². The highest BCUT2D eigenvalue weighted by Gasteiger charge is 2.07.